The Hall–Kier alpha value is -2.38. The lowest BCUT2D eigenvalue weighted by molar-refractivity contribution is 0.181. The van der Waals surface area contributed by atoms with Gasteiger partial charge in [0.1, 0.15) is 12.1 Å². The Kier molecular flexibility index (Phi) is 3.51. The van der Waals surface area contributed by atoms with Crippen LogP contribution in [-0.2, 0) is 7.05 Å². The molecule has 2 aromatic heterocycles. The fourth-order valence-corrected chi connectivity index (χ4v) is 3.73. The average molecular weight is 315 g/mol. The van der Waals surface area contributed by atoms with Crippen molar-refractivity contribution in [2.45, 2.75) is 25.3 Å². The van der Waals surface area contributed by atoms with E-state index in [-0.39, 0.29) is 6.03 Å². The second kappa shape index (κ2) is 5.68. The maximum absolute atomic E-state index is 12.2. The maximum atomic E-state index is 12.2. The SMILES string of the molecule is Cn1ncc2c(NCCNC(=O)N3C[C@H]4CC[C@H]3C4)ncnc21. The number of likely N-dealkylation sites (tertiary alicyclic amines) is 1. The van der Waals surface area contributed by atoms with Gasteiger partial charge < -0.3 is 15.5 Å². The predicted molar refractivity (Wildman–Crippen MR) is 86.0 cm³/mol. The quantitative estimate of drug-likeness (QED) is 0.821. The number of urea groups is 1. The molecule has 1 saturated heterocycles. The lowest BCUT2D eigenvalue weighted by Crippen LogP contribution is -2.45. The zero-order valence-electron chi connectivity index (χ0n) is 13.2. The Morgan fingerprint density at radius 3 is 3.04 bits per heavy atom. The van der Waals surface area contributed by atoms with Crippen LogP contribution in [0.25, 0.3) is 11.0 Å². The van der Waals surface area contributed by atoms with Crippen molar-refractivity contribution in [3.63, 3.8) is 0 Å². The first-order valence-electron chi connectivity index (χ1n) is 8.13. The van der Waals surface area contributed by atoms with Crippen molar-refractivity contribution < 1.29 is 4.79 Å². The largest absolute Gasteiger partial charge is 0.368 e. The number of nitrogens with zero attached hydrogens (tertiary/aromatic N) is 5. The number of hydrogen-bond acceptors (Lipinski definition) is 5. The molecule has 2 amide bonds. The number of piperidine rings is 1. The number of fused-ring (bicyclic) bond motifs is 3. The van der Waals surface area contributed by atoms with E-state index in [4.69, 9.17) is 0 Å². The summed E-state index contributed by atoms with van der Waals surface area (Å²) in [6, 6.07) is 0.526. The van der Waals surface area contributed by atoms with Crippen LogP contribution < -0.4 is 10.6 Å². The number of amides is 2. The van der Waals surface area contributed by atoms with Crippen molar-refractivity contribution in [2.24, 2.45) is 13.0 Å². The summed E-state index contributed by atoms with van der Waals surface area (Å²) in [5, 5.41) is 11.3. The Labute approximate surface area is 134 Å². The number of rotatable bonds is 4. The Balaban J connectivity index is 1.29. The molecular formula is C15H21N7O. The molecule has 2 atom stereocenters. The second-order valence-corrected chi connectivity index (χ2v) is 6.37. The third-order valence-corrected chi connectivity index (χ3v) is 4.89. The van der Waals surface area contributed by atoms with Crippen LogP contribution in [-0.4, -0.2) is 56.4 Å². The van der Waals surface area contributed by atoms with E-state index in [1.54, 1.807) is 10.9 Å². The van der Waals surface area contributed by atoms with Gasteiger partial charge in [0.05, 0.1) is 11.6 Å². The van der Waals surface area contributed by atoms with Crippen LogP contribution in [0.15, 0.2) is 12.5 Å². The minimum absolute atomic E-state index is 0.0632. The van der Waals surface area contributed by atoms with Crippen molar-refractivity contribution in [3.05, 3.63) is 12.5 Å². The van der Waals surface area contributed by atoms with Gasteiger partial charge in [-0.2, -0.15) is 5.10 Å². The molecule has 2 aliphatic rings. The molecule has 2 fully saturated rings. The first-order valence-corrected chi connectivity index (χ1v) is 8.13. The summed E-state index contributed by atoms with van der Waals surface area (Å²) in [5.74, 6) is 1.47. The fourth-order valence-electron chi connectivity index (χ4n) is 3.73. The smallest absolute Gasteiger partial charge is 0.317 e. The normalized spacial score (nSPS) is 22.7. The minimum atomic E-state index is 0.0632. The number of aryl methyl sites for hydroxylation is 1. The molecule has 1 aliphatic carbocycles. The molecule has 1 saturated carbocycles. The summed E-state index contributed by atoms with van der Waals surface area (Å²) in [5.41, 5.74) is 0.791. The van der Waals surface area contributed by atoms with Crippen molar-refractivity contribution in [2.75, 3.05) is 25.0 Å². The number of carbonyl (C=O) groups excluding carboxylic acids is 1. The van der Waals surface area contributed by atoms with E-state index < -0.39 is 0 Å². The van der Waals surface area contributed by atoms with E-state index in [1.165, 1.54) is 19.2 Å². The van der Waals surface area contributed by atoms with Gasteiger partial charge in [0.2, 0.25) is 0 Å². The lowest BCUT2D eigenvalue weighted by atomic mass is 10.1. The molecule has 3 heterocycles. The molecule has 4 rings (SSSR count). The lowest BCUT2D eigenvalue weighted by Gasteiger charge is -2.27. The molecule has 0 radical (unpaired) electrons. The number of nitrogens with one attached hydrogen (secondary N) is 2. The highest BCUT2D eigenvalue weighted by Crippen LogP contribution is 2.37. The number of anilines is 1. The predicted octanol–water partition coefficient (Wildman–Crippen LogP) is 0.969. The summed E-state index contributed by atoms with van der Waals surface area (Å²) >= 11 is 0. The molecule has 23 heavy (non-hydrogen) atoms. The number of aromatic nitrogens is 4. The molecule has 0 aromatic carbocycles. The maximum Gasteiger partial charge on any atom is 0.317 e. The van der Waals surface area contributed by atoms with Gasteiger partial charge in [0, 0.05) is 32.7 Å². The molecular weight excluding hydrogens is 294 g/mol. The first-order chi connectivity index (χ1) is 11.2. The van der Waals surface area contributed by atoms with Gasteiger partial charge in [-0.3, -0.25) is 4.68 Å². The van der Waals surface area contributed by atoms with Gasteiger partial charge in [0.15, 0.2) is 5.65 Å². The third kappa shape index (κ3) is 2.58. The highest BCUT2D eigenvalue weighted by Gasteiger charge is 2.40. The van der Waals surface area contributed by atoms with E-state index in [9.17, 15) is 4.79 Å². The van der Waals surface area contributed by atoms with Crippen molar-refractivity contribution in [1.82, 2.24) is 30.0 Å². The van der Waals surface area contributed by atoms with Crippen LogP contribution in [0.2, 0.25) is 0 Å². The first kappa shape index (κ1) is 14.2. The zero-order valence-corrected chi connectivity index (χ0v) is 13.2. The van der Waals surface area contributed by atoms with Gasteiger partial charge in [-0.1, -0.05) is 0 Å². The molecule has 8 nitrogen and oxygen atoms in total. The summed E-state index contributed by atoms with van der Waals surface area (Å²) in [6.07, 6.45) is 6.90. The van der Waals surface area contributed by atoms with Crippen LogP contribution in [0, 0.1) is 5.92 Å². The summed E-state index contributed by atoms with van der Waals surface area (Å²) in [7, 11) is 1.85. The summed E-state index contributed by atoms with van der Waals surface area (Å²) in [6.45, 7) is 2.11. The van der Waals surface area contributed by atoms with Crippen LogP contribution in [0.3, 0.4) is 0 Å². The van der Waals surface area contributed by atoms with Crippen LogP contribution in [0.5, 0.6) is 0 Å². The highest BCUT2D eigenvalue weighted by molar-refractivity contribution is 5.86. The molecule has 122 valence electrons. The topological polar surface area (TPSA) is 88.0 Å². The average Bonchev–Trinajstić information content (AvgIpc) is 3.28. The van der Waals surface area contributed by atoms with E-state index in [0.717, 1.165) is 35.7 Å². The van der Waals surface area contributed by atoms with Gasteiger partial charge >= 0.3 is 6.03 Å². The number of carbonyl (C=O) groups is 1. The molecule has 8 heteroatoms. The van der Waals surface area contributed by atoms with Gasteiger partial charge in [-0.25, -0.2) is 14.8 Å². The monoisotopic (exact) mass is 315 g/mol. The Morgan fingerprint density at radius 2 is 2.26 bits per heavy atom. The summed E-state index contributed by atoms with van der Waals surface area (Å²) in [4.78, 5) is 22.7. The van der Waals surface area contributed by atoms with Gasteiger partial charge in [-0.15, -0.1) is 0 Å². The van der Waals surface area contributed by atoms with E-state index >= 15 is 0 Å². The molecule has 0 unspecified atom stereocenters. The standard InChI is InChI=1S/C15H21N7O/c1-21-14-12(7-20-21)13(18-9-19-14)16-4-5-17-15(23)22-8-10-2-3-11(22)6-10/h7,9-11H,2-6,8H2,1H3,(H,17,23)(H,16,18,19)/t10-,11-/m0/s1. The van der Waals surface area contributed by atoms with Crippen molar-refractivity contribution in [1.29, 1.82) is 0 Å². The molecule has 2 bridgehead atoms. The molecule has 2 aromatic rings. The van der Waals surface area contributed by atoms with Gasteiger partial charge in [-0.05, 0) is 25.2 Å². The van der Waals surface area contributed by atoms with Crippen LogP contribution in [0.4, 0.5) is 10.6 Å². The van der Waals surface area contributed by atoms with E-state index in [2.05, 4.69) is 25.7 Å². The number of hydrogen-bond donors (Lipinski definition) is 2. The molecule has 2 N–H and O–H groups in total. The van der Waals surface area contributed by atoms with Gasteiger partial charge in [0.25, 0.3) is 0 Å². The minimum Gasteiger partial charge on any atom is -0.368 e. The second-order valence-electron chi connectivity index (χ2n) is 6.37. The Morgan fingerprint density at radius 1 is 1.35 bits per heavy atom. The zero-order chi connectivity index (χ0) is 15.8. The fraction of sp³-hybridized carbons (Fsp3) is 0.600. The molecule has 1 aliphatic heterocycles. The molecule has 0 spiro atoms. The van der Waals surface area contributed by atoms with E-state index in [0.29, 0.717) is 19.1 Å². The third-order valence-electron chi connectivity index (χ3n) is 4.89. The summed E-state index contributed by atoms with van der Waals surface area (Å²) < 4.78 is 1.71. The van der Waals surface area contributed by atoms with Crippen molar-refractivity contribution >= 4 is 22.9 Å². The van der Waals surface area contributed by atoms with Crippen molar-refractivity contribution in [3.8, 4) is 0 Å². The van der Waals surface area contributed by atoms with Crippen LogP contribution >= 0.6 is 0 Å². The van der Waals surface area contributed by atoms with Crippen LogP contribution in [0.1, 0.15) is 19.3 Å². The van der Waals surface area contributed by atoms with E-state index in [1.807, 2.05) is 11.9 Å². The Bertz CT molecular complexity index is 728. The highest BCUT2D eigenvalue weighted by atomic mass is 16.2.